The first-order valence-corrected chi connectivity index (χ1v) is 3.71. The van der Waals surface area contributed by atoms with Crippen LogP contribution in [0.1, 0.15) is 6.42 Å². The molecule has 2 heteroatoms. The fourth-order valence-electron chi connectivity index (χ4n) is 1.31. The van der Waals surface area contributed by atoms with Crippen LogP contribution in [-0.4, -0.2) is 17.2 Å². The predicted octanol–water partition coefficient (Wildman–Crippen LogP) is 1.23. The molecule has 0 saturated heterocycles. The van der Waals surface area contributed by atoms with Crippen LogP contribution in [0.25, 0.3) is 0 Å². The van der Waals surface area contributed by atoms with Crippen molar-refractivity contribution in [3.63, 3.8) is 0 Å². The van der Waals surface area contributed by atoms with E-state index in [1.165, 1.54) is 0 Å². The second-order valence-corrected chi connectivity index (χ2v) is 2.64. The molecule has 0 aromatic carbocycles. The van der Waals surface area contributed by atoms with Crippen LogP contribution in [0.3, 0.4) is 0 Å². The van der Waals surface area contributed by atoms with Gasteiger partial charge in [-0.05, 0) is 6.08 Å². The van der Waals surface area contributed by atoms with Gasteiger partial charge in [0, 0.05) is 19.2 Å². The van der Waals surface area contributed by atoms with Crippen molar-refractivity contribution in [3.05, 3.63) is 36.2 Å². The molecule has 2 rings (SSSR count). The standard InChI is InChI=1S/C9H9NO/c11-9-5-3-7-10-6-2-1-4-8(9)10/h1-4,7H,5-6H2. The minimum atomic E-state index is 0.219. The molecule has 0 fully saturated rings. The molecule has 56 valence electrons. The number of allylic oxidation sites excluding steroid dienone is 4. The molecule has 2 aliphatic heterocycles. The number of rotatable bonds is 0. The average molecular weight is 147 g/mol. The maximum atomic E-state index is 11.2. The third-order valence-electron chi connectivity index (χ3n) is 1.88. The number of hydrogen-bond donors (Lipinski definition) is 0. The van der Waals surface area contributed by atoms with Crippen LogP contribution < -0.4 is 0 Å². The summed E-state index contributed by atoms with van der Waals surface area (Å²) in [6.07, 6.45) is 10.3. The fourth-order valence-corrected chi connectivity index (χ4v) is 1.31. The highest BCUT2D eigenvalue weighted by molar-refractivity contribution is 5.97. The predicted molar refractivity (Wildman–Crippen MR) is 42.7 cm³/mol. The Bertz CT molecular complexity index is 273. The Balaban J connectivity index is 2.38. The van der Waals surface area contributed by atoms with Gasteiger partial charge in [0.1, 0.15) is 0 Å². The Labute approximate surface area is 65.5 Å². The highest BCUT2D eigenvalue weighted by Gasteiger charge is 2.18. The van der Waals surface area contributed by atoms with E-state index < -0.39 is 0 Å². The van der Waals surface area contributed by atoms with E-state index in [-0.39, 0.29) is 5.78 Å². The highest BCUT2D eigenvalue weighted by Crippen LogP contribution is 2.17. The van der Waals surface area contributed by atoms with E-state index in [0.29, 0.717) is 6.42 Å². The van der Waals surface area contributed by atoms with Crippen LogP contribution in [0.4, 0.5) is 0 Å². The smallest absolute Gasteiger partial charge is 0.183 e. The molecular formula is C9H9NO. The van der Waals surface area contributed by atoms with Crippen LogP contribution in [-0.2, 0) is 4.79 Å². The molecule has 0 N–H and O–H groups in total. The minimum Gasteiger partial charge on any atom is -0.342 e. The lowest BCUT2D eigenvalue weighted by Crippen LogP contribution is -2.27. The molecule has 0 bridgehead atoms. The lowest BCUT2D eigenvalue weighted by molar-refractivity contribution is -0.116. The number of ketones is 1. The molecule has 0 saturated carbocycles. The van der Waals surface area contributed by atoms with Gasteiger partial charge in [-0.15, -0.1) is 0 Å². The van der Waals surface area contributed by atoms with Crippen LogP contribution in [0.15, 0.2) is 36.2 Å². The topological polar surface area (TPSA) is 20.3 Å². The SMILES string of the molecule is O=C1CC=CN2CC=CC=C12. The molecule has 0 aromatic heterocycles. The minimum absolute atomic E-state index is 0.219. The van der Waals surface area contributed by atoms with E-state index >= 15 is 0 Å². The molecule has 0 unspecified atom stereocenters. The first kappa shape index (κ1) is 6.40. The summed E-state index contributed by atoms with van der Waals surface area (Å²) in [4.78, 5) is 13.2. The number of hydrogen-bond acceptors (Lipinski definition) is 2. The van der Waals surface area contributed by atoms with Crippen LogP contribution in [0, 0.1) is 0 Å². The van der Waals surface area contributed by atoms with Gasteiger partial charge in [0.05, 0.1) is 5.70 Å². The lowest BCUT2D eigenvalue weighted by atomic mass is 10.1. The summed E-state index contributed by atoms with van der Waals surface area (Å²) in [7, 11) is 0. The normalized spacial score (nSPS) is 21.6. The third kappa shape index (κ3) is 1.00. The first-order valence-electron chi connectivity index (χ1n) is 3.71. The van der Waals surface area contributed by atoms with E-state index in [1.54, 1.807) is 0 Å². The lowest BCUT2D eigenvalue weighted by Gasteiger charge is -2.25. The summed E-state index contributed by atoms with van der Waals surface area (Å²) < 4.78 is 0. The van der Waals surface area contributed by atoms with Gasteiger partial charge in [-0.1, -0.05) is 18.2 Å². The zero-order valence-corrected chi connectivity index (χ0v) is 6.16. The second kappa shape index (κ2) is 2.38. The highest BCUT2D eigenvalue weighted by atomic mass is 16.1. The zero-order chi connectivity index (χ0) is 7.68. The Kier molecular flexibility index (Phi) is 1.39. The Hall–Kier alpha value is -1.31. The molecule has 2 aliphatic rings. The number of carbonyl (C=O) groups is 1. The number of Topliss-reactive ketones (excluding diaryl/α,β-unsaturated/α-hetero) is 1. The van der Waals surface area contributed by atoms with E-state index in [0.717, 1.165) is 12.2 Å². The van der Waals surface area contributed by atoms with E-state index in [4.69, 9.17) is 0 Å². The van der Waals surface area contributed by atoms with Crippen molar-refractivity contribution in [2.24, 2.45) is 0 Å². The summed E-state index contributed by atoms with van der Waals surface area (Å²) in [5, 5.41) is 0. The van der Waals surface area contributed by atoms with E-state index in [1.807, 2.05) is 35.4 Å². The first-order chi connectivity index (χ1) is 5.38. The number of fused-ring (bicyclic) bond motifs is 1. The van der Waals surface area contributed by atoms with Gasteiger partial charge in [-0.3, -0.25) is 4.79 Å². The summed E-state index contributed by atoms with van der Waals surface area (Å²) in [6, 6.07) is 0. The second-order valence-electron chi connectivity index (χ2n) is 2.64. The molecule has 0 spiro atoms. The van der Waals surface area contributed by atoms with Crippen LogP contribution in [0.5, 0.6) is 0 Å². The Morgan fingerprint density at radius 2 is 2.27 bits per heavy atom. The van der Waals surface area contributed by atoms with Gasteiger partial charge < -0.3 is 4.90 Å². The van der Waals surface area contributed by atoms with E-state index in [2.05, 4.69) is 0 Å². The third-order valence-corrected chi connectivity index (χ3v) is 1.88. The molecule has 0 amide bonds. The van der Waals surface area contributed by atoms with Crippen molar-refractivity contribution in [1.82, 2.24) is 4.90 Å². The number of carbonyl (C=O) groups excluding carboxylic acids is 1. The molecule has 2 heterocycles. The van der Waals surface area contributed by atoms with Crippen molar-refractivity contribution in [3.8, 4) is 0 Å². The molecule has 0 aliphatic carbocycles. The Morgan fingerprint density at radius 3 is 3.09 bits per heavy atom. The molecule has 0 aromatic rings. The zero-order valence-electron chi connectivity index (χ0n) is 6.16. The summed E-state index contributed by atoms with van der Waals surface area (Å²) >= 11 is 0. The maximum absolute atomic E-state index is 11.2. The molecular weight excluding hydrogens is 138 g/mol. The van der Waals surface area contributed by atoms with Gasteiger partial charge in [-0.2, -0.15) is 0 Å². The van der Waals surface area contributed by atoms with Crippen molar-refractivity contribution < 1.29 is 4.79 Å². The molecule has 2 nitrogen and oxygen atoms in total. The van der Waals surface area contributed by atoms with Crippen molar-refractivity contribution in [1.29, 1.82) is 0 Å². The van der Waals surface area contributed by atoms with Gasteiger partial charge >= 0.3 is 0 Å². The van der Waals surface area contributed by atoms with Crippen LogP contribution >= 0.6 is 0 Å². The van der Waals surface area contributed by atoms with Gasteiger partial charge in [0.25, 0.3) is 0 Å². The van der Waals surface area contributed by atoms with E-state index in [9.17, 15) is 4.79 Å². The van der Waals surface area contributed by atoms with Gasteiger partial charge in [0.2, 0.25) is 0 Å². The fraction of sp³-hybridized carbons (Fsp3) is 0.222. The van der Waals surface area contributed by atoms with Crippen molar-refractivity contribution in [2.75, 3.05) is 6.54 Å². The summed E-state index contributed by atoms with van der Waals surface area (Å²) in [5.74, 6) is 0.219. The largest absolute Gasteiger partial charge is 0.342 e. The summed E-state index contributed by atoms with van der Waals surface area (Å²) in [6.45, 7) is 0.827. The quantitative estimate of drug-likeness (QED) is 0.513. The Morgan fingerprint density at radius 1 is 1.36 bits per heavy atom. The average Bonchev–Trinajstić information content (AvgIpc) is 2.06. The molecule has 0 radical (unpaired) electrons. The van der Waals surface area contributed by atoms with Crippen molar-refractivity contribution in [2.45, 2.75) is 6.42 Å². The monoisotopic (exact) mass is 147 g/mol. The number of nitrogens with zero attached hydrogens (tertiary/aromatic N) is 1. The van der Waals surface area contributed by atoms with Gasteiger partial charge in [-0.25, -0.2) is 0 Å². The van der Waals surface area contributed by atoms with Crippen molar-refractivity contribution >= 4 is 5.78 Å². The maximum Gasteiger partial charge on any atom is 0.183 e. The van der Waals surface area contributed by atoms with Crippen LogP contribution in [0.2, 0.25) is 0 Å². The summed E-state index contributed by atoms with van der Waals surface area (Å²) in [5.41, 5.74) is 0.829. The van der Waals surface area contributed by atoms with Gasteiger partial charge in [0.15, 0.2) is 5.78 Å². The molecule has 0 atom stereocenters. The molecule has 11 heavy (non-hydrogen) atoms.